The molecule has 0 aliphatic rings. The molecular formula is C18H21N7O3S. The number of nitrogens with zero attached hydrogens (tertiary/aromatic N) is 6. The largest absolute Gasteiger partial charge is 0.389 e. The van der Waals surface area contributed by atoms with E-state index in [-0.39, 0.29) is 12.5 Å². The number of aryl methyl sites for hydroxylation is 1. The predicted octanol–water partition coefficient (Wildman–Crippen LogP) is 2.00. The molecule has 2 heterocycles. The molecule has 0 aliphatic heterocycles. The molecule has 1 N–H and O–H groups in total. The van der Waals surface area contributed by atoms with Crippen molar-refractivity contribution >= 4 is 28.1 Å². The maximum absolute atomic E-state index is 11.8. The summed E-state index contributed by atoms with van der Waals surface area (Å²) in [4.78, 5) is 21.7. The number of oxime groups is 1. The van der Waals surface area contributed by atoms with Gasteiger partial charge in [0.15, 0.2) is 17.5 Å². The van der Waals surface area contributed by atoms with Crippen LogP contribution < -0.4 is 5.32 Å². The van der Waals surface area contributed by atoms with Crippen molar-refractivity contribution in [2.24, 2.45) is 12.2 Å². The Labute approximate surface area is 171 Å². The van der Waals surface area contributed by atoms with Crippen molar-refractivity contribution in [1.82, 2.24) is 25.2 Å². The van der Waals surface area contributed by atoms with Crippen LogP contribution in [0.25, 0.3) is 0 Å². The number of tetrazole rings is 1. The van der Waals surface area contributed by atoms with Crippen LogP contribution in [0.4, 0.5) is 5.13 Å². The van der Waals surface area contributed by atoms with Crippen molar-refractivity contribution in [3.8, 4) is 0 Å². The topological polar surface area (TPSA) is 116 Å². The van der Waals surface area contributed by atoms with E-state index < -0.39 is 0 Å². The fraction of sp³-hybridized carbons (Fsp3) is 0.333. The lowest BCUT2D eigenvalue weighted by Gasteiger charge is -2.05. The fourth-order valence-electron chi connectivity index (χ4n) is 2.40. The quantitative estimate of drug-likeness (QED) is 0.306. The number of methoxy groups -OCH3 is 1. The van der Waals surface area contributed by atoms with E-state index in [2.05, 4.69) is 31.0 Å². The number of nitrogens with one attached hydrogen (secondary N) is 1. The number of hydrogen-bond acceptors (Lipinski definition) is 9. The minimum Gasteiger partial charge on any atom is -0.389 e. The van der Waals surface area contributed by atoms with E-state index in [0.29, 0.717) is 41.8 Å². The lowest BCUT2D eigenvalue weighted by Crippen LogP contribution is -2.12. The number of aromatic nitrogens is 5. The van der Waals surface area contributed by atoms with Gasteiger partial charge in [0.1, 0.15) is 0 Å². The number of rotatable bonds is 10. The molecule has 0 bridgehead atoms. The smallest absolute Gasteiger partial charge is 0.226 e. The van der Waals surface area contributed by atoms with E-state index in [1.807, 2.05) is 35.7 Å². The van der Waals surface area contributed by atoms with Gasteiger partial charge in [-0.25, -0.2) is 9.67 Å². The van der Waals surface area contributed by atoms with E-state index in [1.54, 1.807) is 14.2 Å². The van der Waals surface area contributed by atoms with Gasteiger partial charge in [-0.05, 0) is 16.8 Å². The van der Waals surface area contributed by atoms with Gasteiger partial charge in [-0.1, -0.05) is 35.5 Å². The Bertz CT molecular complexity index is 955. The number of carbonyl (C=O) groups excluding carboxylic acids is 1. The standard InChI is InChI=1S/C18H21N7O3S/c1-25-17(21-23-24-25)16(13-7-4-3-5-8-13)22-28-11-14-12-29-18(19-14)20-15(26)9-6-10-27-2/h3-5,7-8,12H,6,9-11H2,1-2H3,(H,19,20,26). The number of carbonyl (C=O) groups is 1. The first-order valence-corrected chi connectivity index (χ1v) is 9.76. The van der Waals surface area contributed by atoms with E-state index in [0.717, 1.165) is 5.56 Å². The van der Waals surface area contributed by atoms with Gasteiger partial charge in [-0.2, -0.15) is 0 Å². The van der Waals surface area contributed by atoms with Gasteiger partial charge in [0.2, 0.25) is 11.7 Å². The number of amides is 1. The van der Waals surface area contributed by atoms with Gasteiger partial charge in [-0.15, -0.1) is 16.4 Å². The molecule has 11 heteroatoms. The van der Waals surface area contributed by atoms with E-state index in [1.165, 1.54) is 16.0 Å². The number of hydrogen-bond donors (Lipinski definition) is 1. The SMILES string of the molecule is COCCCC(=O)Nc1nc(CON=C(c2ccccc2)c2nnnn2C)cs1. The zero-order valence-corrected chi connectivity index (χ0v) is 16.9. The Morgan fingerprint density at radius 1 is 1.31 bits per heavy atom. The zero-order valence-electron chi connectivity index (χ0n) is 16.1. The summed E-state index contributed by atoms with van der Waals surface area (Å²) in [5.41, 5.74) is 2.00. The molecule has 0 aliphatic carbocycles. The molecule has 0 spiro atoms. The summed E-state index contributed by atoms with van der Waals surface area (Å²) in [7, 11) is 3.34. The molecular weight excluding hydrogens is 394 g/mol. The normalized spacial score (nSPS) is 11.4. The monoisotopic (exact) mass is 415 g/mol. The lowest BCUT2D eigenvalue weighted by molar-refractivity contribution is -0.116. The summed E-state index contributed by atoms with van der Waals surface area (Å²) < 4.78 is 6.46. The molecule has 0 atom stereocenters. The molecule has 0 saturated carbocycles. The average molecular weight is 415 g/mol. The third-order valence-corrected chi connectivity index (χ3v) is 4.60. The van der Waals surface area contributed by atoms with Gasteiger partial charge in [0.05, 0.1) is 5.69 Å². The van der Waals surface area contributed by atoms with E-state index >= 15 is 0 Å². The van der Waals surface area contributed by atoms with Crippen molar-refractivity contribution in [2.75, 3.05) is 19.0 Å². The van der Waals surface area contributed by atoms with Crippen LogP contribution in [0.5, 0.6) is 0 Å². The molecule has 3 aromatic rings. The second-order valence-corrected chi connectivity index (χ2v) is 6.85. The Kier molecular flexibility index (Phi) is 7.36. The predicted molar refractivity (Wildman–Crippen MR) is 108 cm³/mol. The highest BCUT2D eigenvalue weighted by atomic mass is 32.1. The molecule has 152 valence electrons. The van der Waals surface area contributed by atoms with E-state index in [4.69, 9.17) is 9.57 Å². The summed E-state index contributed by atoms with van der Waals surface area (Å²) >= 11 is 1.33. The molecule has 2 aromatic heterocycles. The molecule has 0 fully saturated rings. The summed E-state index contributed by atoms with van der Waals surface area (Å²) in [6.07, 6.45) is 1.05. The number of ether oxygens (including phenoxy) is 1. The molecule has 3 rings (SSSR count). The highest BCUT2D eigenvalue weighted by molar-refractivity contribution is 7.13. The van der Waals surface area contributed by atoms with E-state index in [9.17, 15) is 4.79 Å². The molecule has 1 aromatic carbocycles. The van der Waals surface area contributed by atoms with Crippen molar-refractivity contribution in [2.45, 2.75) is 19.4 Å². The van der Waals surface area contributed by atoms with Crippen LogP contribution in [-0.4, -0.2) is 50.5 Å². The number of benzene rings is 1. The van der Waals surface area contributed by atoms with Crippen molar-refractivity contribution < 1.29 is 14.4 Å². The van der Waals surface area contributed by atoms with Crippen molar-refractivity contribution in [3.05, 3.63) is 52.8 Å². The lowest BCUT2D eigenvalue weighted by atomic mass is 10.1. The van der Waals surface area contributed by atoms with Gasteiger partial charge in [-0.3, -0.25) is 4.79 Å². The highest BCUT2D eigenvalue weighted by Crippen LogP contribution is 2.17. The first kappa shape index (κ1) is 20.6. The summed E-state index contributed by atoms with van der Waals surface area (Å²) in [5.74, 6) is 0.390. The second-order valence-electron chi connectivity index (χ2n) is 5.99. The number of anilines is 1. The van der Waals surface area contributed by atoms with Gasteiger partial charge in [0.25, 0.3) is 0 Å². The first-order valence-electron chi connectivity index (χ1n) is 8.88. The summed E-state index contributed by atoms with van der Waals surface area (Å²) in [6, 6.07) is 9.51. The van der Waals surface area contributed by atoms with Crippen LogP contribution in [0.2, 0.25) is 0 Å². The third-order valence-electron chi connectivity index (χ3n) is 3.80. The first-order chi connectivity index (χ1) is 14.2. The van der Waals surface area contributed by atoms with Crippen molar-refractivity contribution in [3.63, 3.8) is 0 Å². The van der Waals surface area contributed by atoms with Crippen LogP contribution in [-0.2, 0) is 28.0 Å². The molecule has 0 unspecified atom stereocenters. The summed E-state index contributed by atoms with van der Waals surface area (Å²) in [5, 5.41) is 20.8. The van der Waals surface area contributed by atoms with Crippen LogP contribution in [0.3, 0.4) is 0 Å². The minimum atomic E-state index is -0.0944. The molecule has 10 nitrogen and oxygen atoms in total. The Morgan fingerprint density at radius 2 is 2.14 bits per heavy atom. The van der Waals surface area contributed by atoms with Crippen LogP contribution in [0.15, 0.2) is 40.9 Å². The second kappa shape index (κ2) is 10.4. The van der Waals surface area contributed by atoms with Crippen LogP contribution in [0, 0.1) is 0 Å². The average Bonchev–Trinajstić information content (AvgIpc) is 3.35. The summed E-state index contributed by atoms with van der Waals surface area (Å²) in [6.45, 7) is 0.699. The Hall–Kier alpha value is -3.18. The van der Waals surface area contributed by atoms with Crippen molar-refractivity contribution in [1.29, 1.82) is 0 Å². The van der Waals surface area contributed by atoms with Gasteiger partial charge < -0.3 is 14.9 Å². The third kappa shape index (κ3) is 5.90. The maximum Gasteiger partial charge on any atom is 0.226 e. The molecule has 1 amide bonds. The molecule has 0 saturated heterocycles. The van der Waals surface area contributed by atoms with Crippen LogP contribution in [0.1, 0.15) is 29.9 Å². The van der Waals surface area contributed by atoms with Gasteiger partial charge >= 0.3 is 0 Å². The Morgan fingerprint density at radius 3 is 2.86 bits per heavy atom. The Balaban J connectivity index is 1.62. The molecule has 0 radical (unpaired) electrons. The van der Waals surface area contributed by atoms with Gasteiger partial charge in [0, 0.05) is 38.1 Å². The fourth-order valence-corrected chi connectivity index (χ4v) is 3.11. The highest BCUT2D eigenvalue weighted by Gasteiger charge is 2.15. The maximum atomic E-state index is 11.8. The minimum absolute atomic E-state index is 0.0944. The molecule has 29 heavy (non-hydrogen) atoms. The number of thiazole rings is 1. The zero-order chi connectivity index (χ0) is 20.5. The van der Waals surface area contributed by atoms with Crippen LogP contribution >= 0.6 is 11.3 Å².